The first-order chi connectivity index (χ1) is 12.6. The van der Waals surface area contributed by atoms with Gasteiger partial charge in [0, 0.05) is 6.54 Å². The Morgan fingerprint density at radius 1 is 1.08 bits per heavy atom. The van der Waals surface area contributed by atoms with Crippen LogP contribution in [0.3, 0.4) is 0 Å². The van der Waals surface area contributed by atoms with E-state index in [4.69, 9.17) is 15.5 Å². The number of unbranched alkanes of at least 4 members (excludes halogenated alkanes) is 1. The van der Waals surface area contributed by atoms with Gasteiger partial charge in [0.25, 0.3) is 0 Å². The Bertz CT molecular complexity index is 855. The molecule has 2 aromatic carbocycles. The molecule has 3 rings (SSSR count). The number of nitrogens with zero attached hydrogens (tertiary/aromatic N) is 2. The van der Waals surface area contributed by atoms with Crippen LogP contribution in [-0.4, -0.2) is 16.2 Å². The third-order valence-corrected chi connectivity index (χ3v) is 4.95. The van der Waals surface area contributed by atoms with Gasteiger partial charge in [0.2, 0.25) is 0 Å². The molecule has 0 saturated carbocycles. The highest BCUT2D eigenvalue weighted by molar-refractivity contribution is 5.78. The molecule has 0 aliphatic carbocycles. The Morgan fingerprint density at radius 3 is 2.54 bits per heavy atom. The maximum atomic E-state index is 6.33. The second-order valence-corrected chi connectivity index (χ2v) is 6.93. The van der Waals surface area contributed by atoms with Crippen molar-refractivity contribution in [2.24, 2.45) is 5.73 Å². The first kappa shape index (κ1) is 18.5. The summed E-state index contributed by atoms with van der Waals surface area (Å²) < 4.78 is 8.10. The molecule has 0 aliphatic heterocycles. The minimum atomic E-state index is -0.0245. The smallest absolute Gasteiger partial charge is 0.126 e. The first-order valence-electron chi connectivity index (χ1n) is 9.51. The number of fused-ring (bicyclic) bond motifs is 1. The number of aryl methyl sites for hydroxylation is 3. The summed E-state index contributed by atoms with van der Waals surface area (Å²) in [6.45, 7) is 8.04. The Labute approximate surface area is 156 Å². The molecular weight excluding hydrogens is 322 g/mol. The number of benzene rings is 2. The van der Waals surface area contributed by atoms with Gasteiger partial charge in [-0.2, -0.15) is 0 Å². The highest BCUT2D eigenvalue weighted by Gasteiger charge is 2.16. The fourth-order valence-electron chi connectivity index (χ4n) is 3.18. The lowest BCUT2D eigenvalue weighted by molar-refractivity contribution is 0.303. The second-order valence-electron chi connectivity index (χ2n) is 6.93. The van der Waals surface area contributed by atoms with Crippen molar-refractivity contribution < 1.29 is 4.74 Å². The predicted octanol–water partition coefficient (Wildman–Crippen LogP) is 4.92. The molecule has 4 heteroatoms. The number of ether oxygens (including phenoxy) is 1. The number of nitrogens with two attached hydrogens (primary N) is 1. The van der Waals surface area contributed by atoms with Crippen LogP contribution in [-0.2, 0) is 6.54 Å². The Morgan fingerprint density at radius 2 is 1.81 bits per heavy atom. The molecule has 0 spiro atoms. The highest BCUT2D eigenvalue weighted by atomic mass is 16.5. The predicted molar refractivity (Wildman–Crippen MR) is 108 cm³/mol. The van der Waals surface area contributed by atoms with Crippen LogP contribution in [0.5, 0.6) is 5.75 Å². The van der Waals surface area contributed by atoms with E-state index in [1.807, 2.05) is 30.3 Å². The fraction of sp³-hybridized carbons (Fsp3) is 0.409. The standard InChI is InChI=1S/C22H29N3O/c1-4-19(23)22-24-20-14-16(2)17(3)15-21(20)25(22)12-8-9-13-26-18-10-6-5-7-11-18/h5-7,10-11,14-15,19H,4,8-9,12-13,23H2,1-3H3. The van der Waals surface area contributed by atoms with Crippen LogP contribution < -0.4 is 10.5 Å². The zero-order valence-electron chi connectivity index (χ0n) is 16.0. The largest absolute Gasteiger partial charge is 0.494 e. The van der Waals surface area contributed by atoms with E-state index in [9.17, 15) is 0 Å². The van der Waals surface area contributed by atoms with E-state index in [-0.39, 0.29) is 6.04 Å². The molecular formula is C22H29N3O. The normalized spacial score (nSPS) is 12.5. The number of para-hydroxylation sites is 1. The molecule has 0 fully saturated rings. The number of hydrogen-bond acceptors (Lipinski definition) is 3. The molecule has 26 heavy (non-hydrogen) atoms. The van der Waals surface area contributed by atoms with Crippen molar-refractivity contribution in [3.8, 4) is 5.75 Å². The van der Waals surface area contributed by atoms with Gasteiger partial charge in [-0.1, -0.05) is 25.1 Å². The van der Waals surface area contributed by atoms with E-state index in [0.717, 1.165) is 49.5 Å². The SMILES string of the molecule is CCC(N)c1nc2cc(C)c(C)cc2n1CCCCOc1ccccc1. The molecule has 3 aromatic rings. The molecule has 1 atom stereocenters. The van der Waals surface area contributed by atoms with Gasteiger partial charge in [-0.25, -0.2) is 4.98 Å². The lowest BCUT2D eigenvalue weighted by Crippen LogP contribution is -2.16. The summed E-state index contributed by atoms with van der Waals surface area (Å²) in [5, 5.41) is 0. The van der Waals surface area contributed by atoms with Crippen LogP contribution in [0, 0.1) is 13.8 Å². The van der Waals surface area contributed by atoms with E-state index in [1.54, 1.807) is 0 Å². The third-order valence-electron chi connectivity index (χ3n) is 4.95. The average Bonchev–Trinajstić information content (AvgIpc) is 2.99. The van der Waals surface area contributed by atoms with E-state index in [0.29, 0.717) is 0 Å². The van der Waals surface area contributed by atoms with Gasteiger partial charge < -0.3 is 15.0 Å². The number of hydrogen-bond donors (Lipinski definition) is 1. The maximum absolute atomic E-state index is 6.33. The molecule has 0 amide bonds. The minimum absolute atomic E-state index is 0.0245. The molecule has 2 N–H and O–H groups in total. The van der Waals surface area contributed by atoms with E-state index in [2.05, 4.69) is 37.5 Å². The van der Waals surface area contributed by atoms with E-state index < -0.39 is 0 Å². The second kappa shape index (κ2) is 8.37. The van der Waals surface area contributed by atoms with Crippen LogP contribution in [0.1, 0.15) is 49.2 Å². The summed E-state index contributed by atoms with van der Waals surface area (Å²) in [6.07, 6.45) is 2.92. The quantitative estimate of drug-likeness (QED) is 0.586. The summed E-state index contributed by atoms with van der Waals surface area (Å²) >= 11 is 0. The molecule has 0 saturated heterocycles. The highest BCUT2D eigenvalue weighted by Crippen LogP contribution is 2.25. The van der Waals surface area contributed by atoms with E-state index in [1.165, 1.54) is 16.6 Å². The van der Waals surface area contributed by atoms with Gasteiger partial charge in [-0.05, 0) is 68.5 Å². The molecule has 138 valence electrons. The van der Waals surface area contributed by atoms with Crippen molar-refractivity contribution in [1.29, 1.82) is 0 Å². The third kappa shape index (κ3) is 4.07. The van der Waals surface area contributed by atoms with Crippen LogP contribution in [0.2, 0.25) is 0 Å². The van der Waals surface area contributed by atoms with Gasteiger partial charge in [0.05, 0.1) is 23.7 Å². The topological polar surface area (TPSA) is 53.1 Å². The van der Waals surface area contributed by atoms with Gasteiger partial charge >= 0.3 is 0 Å². The maximum Gasteiger partial charge on any atom is 0.126 e. The zero-order chi connectivity index (χ0) is 18.5. The molecule has 1 aromatic heterocycles. The van der Waals surface area contributed by atoms with Gasteiger partial charge in [-0.15, -0.1) is 0 Å². The van der Waals surface area contributed by atoms with Crippen LogP contribution in [0.25, 0.3) is 11.0 Å². The summed E-state index contributed by atoms with van der Waals surface area (Å²) in [7, 11) is 0. The van der Waals surface area contributed by atoms with Crippen molar-refractivity contribution in [3.05, 3.63) is 59.4 Å². The summed E-state index contributed by atoms with van der Waals surface area (Å²) in [5.74, 6) is 1.93. The lowest BCUT2D eigenvalue weighted by atomic mass is 10.1. The molecule has 0 aliphatic rings. The van der Waals surface area contributed by atoms with Gasteiger partial charge in [-0.3, -0.25) is 0 Å². The summed E-state index contributed by atoms with van der Waals surface area (Å²) in [6, 6.07) is 14.4. The van der Waals surface area contributed by atoms with Crippen LogP contribution >= 0.6 is 0 Å². The van der Waals surface area contributed by atoms with Crippen LogP contribution in [0.15, 0.2) is 42.5 Å². The monoisotopic (exact) mass is 351 g/mol. The Balaban J connectivity index is 1.70. The molecule has 0 radical (unpaired) electrons. The molecule has 1 heterocycles. The van der Waals surface area contributed by atoms with Crippen molar-refractivity contribution in [2.45, 2.75) is 52.6 Å². The van der Waals surface area contributed by atoms with Crippen molar-refractivity contribution >= 4 is 11.0 Å². The van der Waals surface area contributed by atoms with Crippen molar-refractivity contribution in [1.82, 2.24) is 9.55 Å². The molecule has 1 unspecified atom stereocenters. The number of rotatable bonds is 8. The Kier molecular flexibility index (Phi) is 5.94. The summed E-state index contributed by atoms with van der Waals surface area (Å²) in [4.78, 5) is 4.84. The molecule has 4 nitrogen and oxygen atoms in total. The van der Waals surface area contributed by atoms with Crippen LogP contribution in [0.4, 0.5) is 0 Å². The zero-order valence-corrected chi connectivity index (χ0v) is 16.0. The molecule has 0 bridgehead atoms. The Hall–Kier alpha value is -2.33. The lowest BCUT2D eigenvalue weighted by Gasteiger charge is -2.14. The number of aromatic nitrogens is 2. The fourth-order valence-corrected chi connectivity index (χ4v) is 3.18. The number of imidazole rings is 1. The minimum Gasteiger partial charge on any atom is -0.494 e. The van der Waals surface area contributed by atoms with Gasteiger partial charge in [0.1, 0.15) is 11.6 Å². The van der Waals surface area contributed by atoms with Gasteiger partial charge in [0.15, 0.2) is 0 Å². The first-order valence-corrected chi connectivity index (χ1v) is 9.51. The average molecular weight is 351 g/mol. The van der Waals surface area contributed by atoms with Crippen molar-refractivity contribution in [2.75, 3.05) is 6.61 Å². The summed E-state index contributed by atoms with van der Waals surface area (Å²) in [5.41, 5.74) is 11.1. The van der Waals surface area contributed by atoms with E-state index >= 15 is 0 Å². The van der Waals surface area contributed by atoms with Crippen molar-refractivity contribution in [3.63, 3.8) is 0 Å².